The van der Waals surface area contributed by atoms with E-state index in [4.69, 9.17) is 5.11 Å². The molecule has 2 aromatic carbocycles. The molecule has 1 aliphatic carbocycles. The Morgan fingerprint density at radius 3 is 2.08 bits per heavy atom. The Bertz CT molecular complexity index is 833. The predicted octanol–water partition coefficient (Wildman–Crippen LogP) is 4.07. The molecule has 0 radical (unpaired) electrons. The lowest BCUT2D eigenvalue weighted by atomic mass is 9.75. The lowest BCUT2D eigenvalue weighted by Crippen LogP contribution is -2.23. The zero-order valence-corrected chi connectivity index (χ0v) is 14.0. The molecule has 0 amide bonds. The molecule has 1 unspecified atom stereocenters. The van der Waals surface area contributed by atoms with E-state index in [1.54, 1.807) is 24.3 Å². The number of aromatic carboxylic acids is 2. The molecule has 24 heavy (non-hydrogen) atoms. The third-order valence-corrected chi connectivity index (χ3v) is 5.13. The molecule has 4 nitrogen and oxygen atoms in total. The maximum Gasteiger partial charge on any atom is 0.335 e. The molecular weight excluding hydrogens is 304 g/mol. The second-order valence-corrected chi connectivity index (χ2v) is 7.31. The van der Waals surface area contributed by atoms with Crippen LogP contribution in [0, 0.1) is 0 Å². The van der Waals surface area contributed by atoms with Gasteiger partial charge in [0.15, 0.2) is 0 Å². The zero-order chi connectivity index (χ0) is 17.7. The van der Waals surface area contributed by atoms with Crippen LogP contribution in [0.4, 0.5) is 0 Å². The number of carboxylic acids is 2. The first-order chi connectivity index (χ1) is 11.2. The highest BCUT2D eigenvalue weighted by Gasteiger charge is 2.47. The minimum absolute atomic E-state index is 0.249. The summed E-state index contributed by atoms with van der Waals surface area (Å²) >= 11 is 0. The van der Waals surface area contributed by atoms with Crippen LogP contribution in [0.25, 0.3) is 0 Å². The number of carboxylic acid groups (broad SMARTS) is 2. The number of benzene rings is 2. The minimum atomic E-state index is -0.952. The molecule has 0 aromatic heterocycles. The van der Waals surface area contributed by atoms with Crippen LogP contribution in [0.2, 0.25) is 0 Å². The van der Waals surface area contributed by atoms with Crippen molar-refractivity contribution in [1.29, 1.82) is 0 Å². The first-order valence-corrected chi connectivity index (χ1v) is 7.88. The molecule has 124 valence electrons. The highest BCUT2D eigenvalue weighted by atomic mass is 16.4. The van der Waals surface area contributed by atoms with Crippen LogP contribution in [0.1, 0.15) is 64.6 Å². The third kappa shape index (κ3) is 2.30. The van der Waals surface area contributed by atoms with E-state index >= 15 is 0 Å². The first kappa shape index (κ1) is 16.2. The van der Waals surface area contributed by atoms with Crippen molar-refractivity contribution in [1.82, 2.24) is 0 Å². The molecule has 2 N–H and O–H groups in total. The van der Waals surface area contributed by atoms with Crippen LogP contribution >= 0.6 is 0 Å². The average molecular weight is 324 g/mol. The third-order valence-electron chi connectivity index (χ3n) is 5.13. The van der Waals surface area contributed by atoms with E-state index in [1.807, 2.05) is 18.2 Å². The number of hydrogen-bond donors (Lipinski definition) is 2. The predicted molar refractivity (Wildman–Crippen MR) is 90.9 cm³/mol. The first-order valence-electron chi connectivity index (χ1n) is 7.88. The van der Waals surface area contributed by atoms with Gasteiger partial charge in [0.25, 0.3) is 0 Å². The van der Waals surface area contributed by atoms with Gasteiger partial charge in [-0.15, -0.1) is 0 Å². The normalized spacial score (nSPS) is 21.3. The van der Waals surface area contributed by atoms with Gasteiger partial charge < -0.3 is 10.2 Å². The summed E-state index contributed by atoms with van der Waals surface area (Å²) < 4.78 is 0. The van der Waals surface area contributed by atoms with Gasteiger partial charge in [0, 0.05) is 5.41 Å². The topological polar surface area (TPSA) is 74.6 Å². The Morgan fingerprint density at radius 1 is 0.917 bits per heavy atom. The van der Waals surface area contributed by atoms with Crippen LogP contribution in [-0.4, -0.2) is 22.2 Å². The maximum absolute atomic E-state index is 11.7. The van der Waals surface area contributed by atoms with Crippen LogP contribution in [0.15, 0.2) is 42.5 Å². The second kappa shape index (κ2) is 5.20. The lowest BCUT2D eigenvalue weighted by molar-refractivity contribution is 0.0684. The van der Waals surface area contributed by atoms with Crippen LogP contribution < -0.4 is 0 Å². The van der Waals surface area contributed by atoms with Gasteiger partial charge in [0.1, 0.15) is 0 Å². The summed E-state index contributed by atoms with van der Waals surface area (Å²) in [6.07, 6.45) is 0.770. The van der Waals surface area contributed by atoms with E-state index in [1.165, 1.54) is 0 Å². The molecule has 0 heterocycles. The summed E-state index contributed by atoms with van der Waals surface area (Å²) in [7, 11) is 0. The van der Waals surface area contributed by atoms with Crippen molar-refractivity contribution in [3.8, 4) is 0 Å². The highest BCUT2D eigenvalue weighted by Crippen LogP contribution is 2.53. The van der Waals surface area contributed by atoms with Gasteiger partial charge in [0.05, 0.1) is 11.1 Å². The van der Waals surface area contributed by atoms with E-state index in [0.717, 1.165) is 23.1 Å². The van der Waals surface area contributed by atoms with Crippen molar-refractivity contribution in [3.63, 3.8) is 0 Å². The fraction of sp³-hybridized carbons (Fsp3) is 0.300. The van der Waals surface area contributed by atoms with Gasteiger partial charge in [0.2, 0.25) is 0 Å². The molecule has 1 atom stereocenters. The van der Waals surface area contributed by atoms with Crippen molar-refractivity contribution in [2.45, 2.75) is 38.0 Å². The smallest absolute Gasteiger partial charge is 0.335 e. The largest absolute Gasteiger partial charge is 0.478 e. The van der Waals surface area contributed by atoms with Crippen LogP contribution in [0.5, 0.6) is 0 Å². The molecule has 0 fully saturated rings. The SMILES string of the molecule is CC1(C)CC(C)(c2ccc(C(=O)O)cc2)c2cccc(C(=O)O)c21. The van der Waals surface area contributed by atoms with Gasteiger partial charge in [-0.2, -0.15) is 0 Å². The second-order valence-electron chi connectivity index (χ2n) is 7.31. The molecule has 1 aliphatic rings. The van der Waals surface area contributed by atoms with E-state index in [9.17, 15) is 14.7 Å². The van der Waals surface area contributed by atoms with Crippen molar-refractivity contribution in [2.24, 2.45) is 0 Å². The van der Waals surface area contributed by atoms with Crippen LogP contribution in [-0.2, 0) is 10.8 Å². The molecule has 0 saturated heterocycles. The Balaban J connectivity index is 2.20. The molecule has 0 spiro atoms. The fourth-order valence-corrected chi connectivity index (χ4v) is 4.23. The monoisotopic (exact) mass is 324 g/mol. The number of rotatable bonds is 3. The number of hydrogen-bond acceptors (Lipinski definition) is 2. The standard InChI is InChI=1S/C20H20O4/c1-19(2)11-20(3,13-9-7-12(8-10-13)17(21)22)15-6-4-5-14(16(15)19)18(23)24/h4-10H,11H2,1-3H3,(H,21,22)(H,23,24). The highest BCUT2D eigenvalue weighted by molar-refractivity contribution is 5.91. The van der Waals surface area contributed by atoms with E-state index in [2.05, 4.69) is 20.8 Å². The van der Waals surface area contributed by atoms with Gasteiger partial charge >= 0.3 is 11.9 Å². The quantitative estimate of drug-likeness (QED) is 0.892. The lowest BCUT2D eigenvalue weighted by Gasteiger charge is -2.28. The summed E-state index contributed by atoms with van der Waals surface area (Å²) in [5, 5.41) is 18.6. The van der Waals surface area contributed by atoms with Crippen molar-refractivity contribution >= 4 is 11.9 Å². The Hall–Kier alpha value is -2.62. The molecule has 0 saturated carbocycles. The van der Waals surface area contributed by atoms with Gasteiger partial charge in [-0.3, -0.25) is 0 Å². The molecular formula is C20H20O4. The van der Waals surface area contributed by atoms with Gasteiger partial charge in [-0.05, 0) is 46.7 Å². The Morgan fingerprint density at radius 2 is 1.54 bits per heavy atom. The molecule has 0 bridgehead atoms. The van der Waals surface area contributed by atoms with E-state index in [0.29, 0.717) is 5.56 Å². The summed E-state index contributed by atoms with van der Waals surface area (Å²) in [5.74, 6) is -1.86. The minimum Gasteiger partial charge on any atom is -0.478 e. The average Bonchev–Trinajstić information content (AvgIpc) is 2.75. The van der Waals surface area contributed by atoms with E-state index in [-0.39, 0.29) is 16.4 Å². The summed E-state index contributed by atoms with van der Waals surface area (Å²) in [6, 6.07) is 12.3. The van der Waals surface area contributed by atoms with Crippen molar-refractivity contribution in [2.75, 3.05) is 0 Å². The fourth-order valence-electron chi connectivity index (χ4n) is 4.23. The van der Waals surface area contributed by atoms with Gasteiger partial charge in [-0.25, -0.2) is 9.59 Å². The van der Waals surface area contributed by atoms with Crippen molar-refractivity contribution < 1.29 is 19.8 Å². The maximum atomic E-state index is 11.7. The molecule has 0 aliphatic heterocycles. The summed E-state index contributed by atoms with van der Waals surface area (Å²) in [5.41, 5.74) is 2.87. The Kier molecular flexibility index (Phi) is 3.52. The molecule has 4 heteroatoms. The van der Waals surface area contributed by atoms with Crippen LogP contribution in [0.3, 0.4) is 0 Å². The van der Waals surface area contributed by atoms with E-state index < -0.39 is 11.9 Å². The molecule has 2 aromatic rings. The Labute approximate surface area is 140 Å². The number of fused-ring (bicyclic) bond motifs is 1. The van der Waals surface area contributed by atoms with Gasteiger partial charge in [-0.1, -0.05) is 45.0 Å². The summed E-state index contributed by atoms with van der Waals surface area (Å²) in [4.78, 5) is 22.7. The number of carbonyl (C=O) groups is 2. The molecule has 3 rings (SSSR count). The zero-order valence-electron chi connectivity index (χ0n) is 14.0. The van der Waals surface area contributed by atoms with Crippen molar-refractivity contribution in [3.05, 3.63) is 70.3 Å². The summed E-state index contributed by atoms with van der Waals surface area (Å²) in [6.45, 7) is 6.23.